The van der Waals surface area contributed by atoms with E-state index in [-0.39, 0.29) is 5.38 Å². The zero-order chi connectivity index (χ0) is 13.8. The van der Waals surface area contributed by atoms with Gasteiger partial charge in [0.25, 0.3) is 6.43 Å². The third kappa shape index (κ3) is 3.70. The number of hydrogen-bond donors (Lipinski definition) is 1. The van der Waals surface area contributed by atoms with Crippen molar-refractivity contribution in [1.29, 1.82) is 0 Å². The molecule has 0 bridgehead atoms. The number of ether oxygens (including phenoxy) is 1. The standard InChI is InChI=1S/C14H14ClF2NO/c1-9-12(15)6-7-13(18-9)10-2-4-11(5-3-10)19-8-14(16)17/h2-5,7,12,14,18H,1,6,8H2. The fraction of sp³-hybridized carbons (Fsp3) is 0.286. The van der Waals surface area contributed by atoms with Crippen molar-refractivity contribution in [3.05, 3.63) is 48.2 Å². The van der Waals surface area contributed by atoms with Crippen LogP contribution in [0.2, 0.25) is 0 Å². The van der Waals surface area contributed by atoms with Crippen LogP contribution in [0.25, 0.3) is 5.70 Å². The van der Waals surface area contributed by atoms with Gasteiger partial charge >= 0.3 is 0 Å². The highest BCUT2D eigenvalue weighted by Gasteiger charge is 2.15. The predicted octanol–water partition coefficient (Wildman–Crippen LogP) is 3.79. The number of halogens is 3. The molecular formula is C14H14ClF2NO. The Morgan fingerprint density at radius 1 is 1.37 bits per heavy atom. The van der Waals surface area contributed by atoms with Crippen molar-refractivity contribution in [3.8, 4) is 5.75 Å². The molecule has 5 heteroatoms. The molecule has 1 aromatic carbocycles. The molecule has 2 rings (SSSR count). The van der Waals surface area contributed by atoms with Crippen LogP contribution in [0.4, 0.5) is 8.78 Å². The van der Waals surface area contributed by atoms with Crippen LogP contribution in [0.15, 0.2) is 42.6 Å². The summed E-state index contributed by atoms with van der Waals surface area (Å²) in [6.45, 7) is 3.25. The van der Waals surface area contributed by atoms with Gasteiger partial charge in [0, 0.05) is 11.4 Å². The minimum atomic E-state index is -2.47. The van der Waals surface area contributed by atoms with Crippen LogP contribution in [-0.4, -0.2) is 18.4 Å². The third-order valence-corrected chi connectivity index (χ3v) is 3.19. The summed E-state index contributed by atoms with van der Waals surface area (Å²) < 4.78 is 28.9. The average molecular weight is 286 g/mol. The highest BCUT2D eigenvalue weighted by atomic mass is 35.5. The fourth-order valence-electron chi connectivity index (χ4n) is 1.75. The molecular weight excluding hydrogens is 272 g/mol. The van der Waals surface area contributed by atoms with Gasteiger partial charge in [-0.2, -0.15) is 0 Å². The quantitative estimate of drug-likeness (QED) is 0.850. The Kier molecular flexibility index (Phi) is 4.43. The van der Waals surface area contributed by atoms with E-state index in [0.717, 1.165) is 17.0 Å². The molecule has 0 spiro atoms. The number of benzene rings is 1. The van der Waals surface area contributed by atoms with Gasteiger partial charge in [0.15, 0.2) is 0 Å². The normalized spacial score (nSPS) is 19.1. The topological polar surface area (TPSA) is 21.3 Å². The van der Waals surface area contributed by atoms with E-state index in [4.69, 9.17) is 16.3 Å². The summed E-state index contributed by atoms with van der Waals surface area (Å²) >= 11 is 6.02. The Balaban J connectivity index is 2.04. The van der Waals surface area contributed by atoms with E-state index in [9.17, 15) is 8.78 Å². The molecule has 0 fully saturated rings. The maximum Gasteiger partial charge on any atom is 0.272 e. The van der Waals surface area contributed by atoms with Gasteiger partial charge in [-0.25, -0.2) is 8.78 Å². The summed E-state index contributed by atoms with van der Waals surface area (Å²) in [5, 5.41) is 3.03. The fourth-order valence-corrected chi connectivity index (χ4v) is 1.89. The summed E-state index contributed by atoms with van der Waals surface area (Å²) in [6, 6.07) is 6.94. The molecule has 1 aliphatic rings. The highest BCUT2D eigenvalue weighted by molar-refractivity contribution is 6.22. The summed E-state index contributed by atoms with van der Waals surface area (Å²) in [4.78, 5) is 0. The van der Waals surface area contributed by atoms with Crippen molar-refractivity contribution in [1.82, 2.24) is 5.32 Å². The van der Waals surface area contributed by atoms with Crippen LogP contribution in [0.1, 0.15) is 12.0 Å². The van der Waals surface area contributed by atoms with E-state index in [0.29, 0.717) is 12.2 Å². The van der Waals surface area contributed by atoms with Gasteiger partial charge in [0.1, 0.15) is 12.4 Å². The molecule has 1 unspecified atom stereocenters. The van der Waals surface area contributed by atoms with E-state index in [1.165, 1.54) is 0 Å². The molecule has 1 aliphatic heterocycles. The molecule has 0 saturated carbocycles. The molecule has 0 radical (unpaired) electrons. The van der Waals surface area contributed by atoms with Crippen LogP contribution >= 0.6 is 11.6 Å². The first-order valence-corrected chi connectivity index (χ1v) is 6.31. The molecule has 1 heterocycles. The van der Waals surface area contributed by atoms with Crippen molar-refractivity contribution < 1.29 is 13.5 Å². The first kappa shape index (κ1) is 13.9. The van der Waals surface area contributed by atoms with Crippen molar-refractivity contribution in [2.24, 2.45) is 0 Å². The Morgan fingerprint density at radius 2 is 2.05 bits per heavy atom. The maximum absolute atomic E-state index is 12.0. The Hall–Kier alpha value is -1.55. The lowest BCUT2D eigenvalue weighted by atomic mass is 10.1. The highest BCUT2D eigenvalue weighted by Crippen LogP contribution is 2.25. The molecule has 0 saturated heterocycles. The number of hydrogen-bond acceptors (Lipinski definition) is 2. The second-order valence-corrected chi connectivity index (χ2v) is 4.72. The monoisotopic (exact) mass is 285 g/mol. The smallest absolute Gasteiger partial charge is 0.272 e. The van der Waals surface area contributed by atoms with E-state index in [1.807, 2.05) is 18.2 Å². The van der Waals surface area contributed by atoms with E-state index < -0.39 is 13.0 Å². The van der Waals surface area contributed by atoms with E-state index in [1.54, 1.807) is 12.1 Å². The SMILES string of the molecule is C=C1NC(c2ccc(OCC(F)F)cc2)=CCC1Cl. The van der Waals surface area contributed by atoms with Crippen LogP contribution in [-0.2, 0) is 0 Å². The zero-order valence-electron chi connectivity index (χ0n) is 10.2. The summed E-state index contributed by atoms with van der Waals surface area (Å²) in [5.41, 5.74) is 2.62. The summed E-state index contributed by atoms with van der Waals surface area (Å²) in [5.74, 6) is 0.425. The number of nitrogens with one attached hydrogen (secondary N) is 1. The van der Waals surface area contributed by atoms with Crippen molar-refractivity contribution in [2.45, 2.75) is 18.2 Å². The van der Waals surface area contributed by atoms with E-state index in [2.05, 4.69) is 11.9 Å². The summed E-state index contributed by atoms with van der Waals surface area (Å²) in [6.07, 6.45) is 0.236. The van der Waals surface area contributed by atoms with Gasteiger partial charge in [-0.15, -0.1) is 11.6 Å². The third-order valence-electron chi connectivity index (χ3n) is 2.74. The molecule has 0 aliphatic carbocycles. The Labute approximate surface area is 115 Å². The minimum absolute atomic E-state index is 0.0996. The van der Waals surface area contributed by atoms with Gasteiger partial charge in [-0.05, 0) is 36.2 Å². The van der Waals surface area contributed by atoms with Crippen molar-refractivity contribution in [2.75, 3.05) is 6.61 Å². The number of alkyl halides is 3. The minimum Gasteiger partial charge on any atom is -0.488 e. The number of rotatable bonds is 4. The maximum atomic E-state index is 12.0. The molecule has 1 atom stereocenters. The van der Waals surface area contributed by atoms with Crippen LogP contribution in [0.5, 0.6) is 5.75 Å². The molecule has 1 N–H and O–H groups in total. The lowest BCUT2D eigenvalue weighted by Crippen LogP contribution is -2.22. The summed E-state index contributed by atoms with van der Waals surface area (Å²) in [7, 11) is 0. The van der Waals surface area contributed by atoms with Gasteiger partial charge < -0.3 is 10.1 Å². The lowest BCUT2D eigenvalue weighted by Gasteiger charge is -2.22. The molecule has 0 aromatic heterocycles. The lowest BCUT2D eigenvalue weighted by molar-refractivity contribution is 0.0819. The van der Waals surface area contributed by atoms with Gasteiger partial charge in [0.05, 0.1) is 5.38 Å². The first-order chi connectivity index (χ1) is 9.06. The van der Waals surface area contributed by atoms with Crippen LogP contribution in [0.3, 0.4) is 0 Å². The van der Waals surface area contributed by atoms with Crippen molar-refractivity contribution in [3.63, 3.8) is 0 Å². The Bertz CT molecular complexity index is 485. The zero-order valence-corrected chi connectivity index (χ0v) is 11.0. The predicted molar refractivity (Wildman–Crippen MR) is 72.5 cm³/mol. The molecule has 0 amide bonds. The molecule has 19 heavy (non-hydrogen) atoms. The van der Waals surface area contributed by atoms with Crippen molar-refractivity contribution >= 4 is 17.3 Å². The Morgan fingerprint density at radius 3 is 2.63 bits per heavy atom. The van der Waals surface area contributed by atoms with Crippen LogP contribution < -0.4 is 10.1 Å². The van der Waals surface area contributed by atoms with Gasteiger partial charge in [-0.3, -0.25) is 0 Å². The average Bonchev–Trinajstić information content (AvgIpc) is 2.40. The van der Waals surface area contributed by atoms with Gasteiger partial charge in [0.2, 0.25) is 0 Å². The van der Waals surface area contributed by atoms with Gasteiger partial charge in [-0.1, -0.05) is 12.7 Å². The second-order valence-electron chi connectivity index (χ2n) is 4.20. The number of allylic oxidation sites excluding steroid dienone is 2. The first-order valence-electron chi connectivity index (χ1n) is 5.87. The molecule has 2 nitrogen and oxygen atoms in total. The molecule has 102 valence electrons. The second kappa shape index (κ2) is 6.06. The largest absolute Gasteiger partial charge is 0.488 e. The van der Waals surface area contributed by atoms with Crippen LogP contribution in [0, 0.1) is 0 Å². The molecule has 1 aromatic rings. The van der Waals surface area contributed by atoms with E-state index >= 15 is 0 Å².